The Bertz CT molecular complexity index is 1650. The topological polar surface area (TPSA) is 158 Å². The lowest BCUT2D eigenvalue weighted by atomic mass is 9.70. The highest BCUT2D eigenvalue weighted by Crippen LogP contribution is 2.61. The van der Waals surface area contributed by atoms with Crippen molar-refractivity contribution in [3.63, 3.8) is 0 Å². The molecule has 3 unspecified atom stereocenters. The fourth-order valence-corrected chi connectivity index (χ4v) is 9.05. The first-order valence-corrected chi connectivity index (χ1v) is 15.2. The highest BCUT2D eigenvalue weighted by molar-refractivity contribution is 8.00. The molecule has 1 aromatic rings. The zero-order valence-corrected chi connectivity index (χ0v) is 25.4. The van der Waals surface area contributed by atoms with E-state index >= 15 is 0 Å². The van der Waals surface area contributed by atoms with Crippen LogP contribution in [0.1, 0.15) is 48.3 Å². The Morgan fingerprint density at radius 2 is 1.77 bits per heavy atom. The highest BCUT2D eigenvalue weighted by Gasteiger charge is 2.62. The van der Waals surface area contributed by atoms with E-state index in [2.05, 4.69) is 0 Å². The third-order valence-electron chi connectivity index (χ3n) is 9.52. The number of carbonyl (C=O) groups is 5. The van der Waals surface area contributed by atoms with Crippen LogP contribution in [0.3, 0.4) is 0 Å². The Balaban J connectivity index is 1.53. The summed E-state index contributed by atoms with van der Waals surface area (Å²) in [6.45, 7) is 4.10. The summed E-state index contributed by atoms with van der Waals surface area (Å²) in [5.74, 6) is -2.48. The minimum Gasteiger partial charge on any atom is -0.492 e. The average molecular weight is 627 g/mol. The molecule has 2 fully saturated rings. The highest BCUT2D eigenvalue weighted by atomic mass is 32.2. The van der Waals surface area contributed by atoms with Gasteiger partial charge in [0.05, 0.1) is 36.2 Å². The monoisotopic (exact) mass is 626 g/mol. The maximum Gasteiger partial charge on any atom is 0.375 e. The fraction of sp³-hybridized carbons (Fsp3) is 0.500. The third kappa shape index (κ3) is 3.80. The van der Waals surface area contributed by atoms with E-state index in [0.29, 0.717) is 33.8 Å². The van der Waals surface area contributed by atoms with Crippen molar-refractivity contribution >= 4 is 41.1 Å². The molecule has 5 aliphatic heterocycles. The van der Waals surface area contributed by atoms with Crippen LogP contribution in [0.25, 0.3) is 0 Å². The summed E-state index contributed by atoms with van der Waals surface area (Å²) < 4.78 is 28.5. The second-order valence-corrected chi connectivity index (χ2v) is 12.8. The minimum atomic E-state index is -1.20. The number of esters is 2. The Morgan fingerprint density at radius 3 is 2.48 bits per heavy atom. The number of hydrogen-bond donors (Lipinski definition) is 1. The van der Waals surface area contributed by atoms with Gasteiger partial charge in [-0.1, -0.05) is 0 Å². The number of fused-ring (bicyclic) bond motifs is 8. The van der Waals surface area contributed by atoms with Crippen molar-refractivity contribution in [2.45, 2.75) is 62.8 Å². The predicted molar refractivity (Wildman–Crippen MR) is 151 cm³/mol. The number of piperazine rings is 1. The van der Waals surface area contributed by atoms with Gasteiger partial charge in [-0.3, -0.25) is 29.0 Å². The van der Waals surface area contributed by atoms with Crippen LogP contribution in [0.2, 0.25) is 0 Å². The molecule has 1 aliphatic carbocycles. The van der Waals surface area contributed by atoms with Gasteiger partial charge in [0.15, 0.2) is 23.0 Å². The largest absolute Gasteiger partial charge is 0.492 e. The van der Waals surface area contributed by atoms with Crippen LogP contribution in [0.4, 0.5) is 0 Å². The Kier molecular flexibility index (Phi) is 6.70. The van der Waals surface area contributed by atoms with Crippen molar-refractivity contribution in [3.8, 4) is 17.2 Å². The zero-order valence-electron chi connectivity index (χ0n) is 24.6. The molecule has 0 aromatic heterocycles. The number of rotatable bonds is 2. The van der Waals surface area contributed by atoms with Crippen molar-refractivity contribution in [2.75, 3.05) is 33.3 Å². The van der Waals surface area contributed by atoms with Crippen LogP contribution in [-0.4, -0.2) is 102 Å². The van der Waals surface area contributed by atoms with Crippen molar-refractivity contribution in [3.05, 3.63) is 39.2 Å². The Labute approximate surface area is 256 Å². The second kappa shape index (κ2) is 10.2. The molecule has 5 heterocycles. The maximum atomic E-state index is 14.1. The second-order valence-electron chi connectivity index (χ2n) is 11.7. The quantitative estimate of drug-likeness (QED) is 0.215. The van der Waals surface area contributed by atoms with Crippen molar-refractivity contribution in [2.24, 2.45) is 0 Å². The molecule has 44 heavy (non-hydrogen) atoms. The van der Waals surface area contributed by atoms with Gasteiger partial charge in [0.25, 0.3) is 0 Å². The molecule has 14 heteroatoms. The van der Waals surface area contributed by atoms with Crippen LogP contribution < -0.4 is 14.2 Å². The molecule has 13 nitrogen and oxygen atoms in total. The lowest BCUT2D eigenvalue weighted by Crippen LogP contribution is -2.73. The summed E-state index contributed by atoms with van der Waals surface area (Å²) in [6.07, 6.45) is -1.09. The standard InChI is InChI=1S/C30H30N2O11S/c1-10-22(35)13-6-14-29(37)32-15-7-40-30(38)16(34)8-44-28(21(32)20(31(14)4)17(13)23(36)25(10)39-5)19-18(15)27-26(41-9-42-27)11(2)24(19)43-12(3)33/h14-15,20-21,28-29,37H,6-9H2,1-5H3/t14?,15-,20?,21?,28-,29+/m1/s1. The maximum absolute atomic E-state index is 14.1. The predicted octanol–water partition coefficient (Wildman–Crippen LogP) is 1.05. The van der Waals surface area contributed by atoms with Gasteiger partial charge in [-0.2, -0.15) is 0 Å². The number of carbonyl (C=O) groups excluding carboxylic acids is 5. The fourth-order valence-electron chi connectivity index (χ4n) is 7.71. The number of methoxy groups -OCH3 is 1. The average Bonchev–Trinajstić information content (AvgIpc) is 3.48. The number of thioether (sulfide) groups is 1. The summed E-state index contributed by atoms with van der Waals surface area (Å²) in [5.41, 5.74) is 2.31. The molecule has 7 rings (SSSR count). The SMILES string of the molecule is COC1=C(C)C(=O)C2=C(C1=O)C1C3[C@@H]4SCC(=O)C(=O)OC[C@H](c5c6c(c(C)c(OC(C)=O)c54)OCO6)N3[C@@H](O)C(C2)N1C. The van der Waals surface area contributed by atoms with E-state index in [1.54, 1.807) is 25.8 Å². The molecule has 6 atom stereocenters. The molecule has 2 saturated heterocycles. The van der Waals surface area contributed by atoms with E-state index in [4.69, 9.17) is 23.7 Å². The number of allylic oxidation sites excluding steroid dienone is 2. The Morgan fingerprint density at radius 1 is 1.05 bits per heavy atom. The van der Waals surface area contributed by atoms with Gasteiger partial charge >= 0.3 is 11.9 Å². The molecule has 0 spiro atoms. The summed E-state index contributed by atoms with van der Waals surface area (Å²) in [4.78, 5) is 69.4. The van der Waals surface area contributed by atoms with Crippen LogP contribution in [0, 0.1) is 6.92 Å². The van der Waals surface area contributed by atoms with Gasteiger partial charge in [-0.25, -0.2) is 4.79 Å². The normalized spacial score (nSPS) is 31.4. The van der Waals surface area contributed by atoms with Crippen LogP contribution in [0.5, 0.6) is 17.2 Å². The van der Waals surface area contributed by atoms with E-state index in [0.717, 1.165) is 11.8 Å². The number of ether oxygens (including phenoxy) is 5. The van der Waals surface area contributed by atoms with E-state index in [1.807, 2.05) is 4.90 Å². The summed E-state index contributed by atoms with van der Waals surface area (Å²) in [6, 6.07) is -3.01. The van der Waals surface area contributed by atoms with Gasteiger partial charge in [0.2, 0.25) is 18.4 Å². The smallest absolute Gasteiger partial charge is 0.375 e. The van der Waals surface area contributed by atoms with Crippen molar-refractivity contribution in [1.82, 2.24) is 9.80 Å². The van der Waals surface area contributed by atoms with E-state index in [9.17, 15) is 29.1 Å². The molecular formula is C30H30N2O11S. The van der Waals surface area contributed by atoms with Gasteiger partial charge in [-0.05, 0) is 27.3 Å². The van der Waals surface area contributed by atoms with Crippen LogP contribution in [0.15, 0.2) is 22.5 Å². The van der Waals surface area contributed by atoms with E-state index < -0.39 is 59.2 Å². The number of nitrogens with zero attached hydrogens (tertiary/aromatic N) is 2. The molecule has 6 aliphatic rings. The van der Waals surface area contributed by atoms with E-state index in [1.165, 1.54) is 14.0 Å². The molecule has 4 bridgehead atoms. The number of hydrogen-bond acceptors (Lipinski definition) is 14. The van der Waals surface area contributed by atoms with Crippen LogP contribution >= 0.6 is 11.8 Å². The van der Waals surface area contributed by atoms with Gasteiger partial charge in [-0.15, -0.1) is 11.8 Å². The van der Waals surface area contributed by atoms with E-state index in [-0.39, 0.29) is 54.0 Å². The summed E-state index contributed by atoms with van der Waals surface area (Å²) in [5, 5.41) is 11.4. The number of aliphatic hydroxyl groups is 1. The number of ketones is 3. The number of aliphatic hydroxyl groups excluding tert-OH is 1. The molecule has 232 valence electrons. The molecule has 0 saturated carbocycles. The van der Waals surface area contributed by atoms with Gasteiger partial charge < -0.3 is 28.8 Å². The number of cyclic esters (lactones) is 1. The molecule has 0 amide bonds. The van der Waals surface area contributed by atoms with Crippen molar-refractivity contribution in [1.29, 1.82) is 0 Å². The molecule has 0 radical (unpaired) electrons. The molecule has 1 aromatic carbocycles. The zero-order chi connectivity index (χ0) is 31.4. The lowest BCUT2D eigenvalue weighted by molar-refractivity contribution is -0.179. The summed E-state index contributed by atoms with van der Waals surface area (Å²) in [7, 11) is 3.13. The molecule has 1 N–H and O–H groups in total. The first-order valence-electron chi connectivity index (χ1n) is 14.2. The minimum absolute atomic E-state index is 0.0414. The summed E-state index contributed by atoms with van der Waals surface area (Å²) >= 11 is 1.11. The number of Topliss-reactive ketones (excluding diaryl/α,β-unsaturated/α-hetero) is 3. The Hall–Kier alpha value is -3.72. The van der Waals surface area contributed by atoms with Crippen LogP contribution in [-0.2, 0) is 33.4 Å². The number of likely N-dealkylation sites (N-methyl/N-ethyl adjacent to an activating group) is 1. The molecular weight excluding hydrogens is 596 g/mol. The van der Waals surface area contributed by atoms with Gasteiger partial charge in [0.1, 0.15) is 18.6 Å². The lowest BCUT2D eigenvalue weighted by Gasteiger charge is -2.62. The van der Waals surface area contributed by atoms with Gasteiger partial charge in [0, 0.05) is 46.4 Å². The number of benzene rings is 1. The third-order valence-corrected chi connectivity index (χ3v) is 10.8. The van der Waals surface area contributed by atoms with Crippen molar-refractivity contribution < 1.29 is 52.8 Å². The first-order chi connectivity index (χ1) is 21.0. The first kappa shape index (κ1) is 29.0.